The number of carbonyl (C=O) groups excluding carboxylic acids is 1. The number of amides is 1. The second-order valence-electron chi connectivity index (χ2n) is 7.37. The number of aromatic amines is 1. The van der Waals surface area contributed by atoms with Gasteiger partial charge in [-0.2, -0.15) is 0 Å². The van der Waals surface area contributed by atoms with Crippen molar-refractivity contribution >= 4 is 5.91 Å². The molecule has 25 heavy (non-hydrogen) atoms. The van der Waals surface area contributed by atoms with E-state index in [2.05, 4.69) is 29.8 Å². The summed E-state index contributed by atoms with van der Waals surface area (Å²) in [5.74, 6) is 0.427. The van der Waals surface area contributed by atoms with Crippen LogP contribution in [0.3, 0.4) is 0 Å². The lowest BCUT2D eigenvalue weighted by molar-refractivity contribution is -0.132. The molecule has 1 amide bonds. The van der Waals surface area contributed by atoms with E-state index in [0.29, 0.717) is 18.5 Å². The molecule has 0 spiro atoms. The van der Waals surface area contributed by atoms with Crippen LogP contribution in [-0.4, -0.2) is 57.5 Å². The van der Waals surface area contributed by atoms with Crippen LogP contribution in [0.25, 0.3) is 0 Å². The van der Waals surface area contributed by atoms with Crippen LogP contribution in [-0.2, 0) is 11.3 Å². The number of rotatable bonds is 4. The van der Waals surface area contributed by atoms with Gasteiger partial charge < -0.3 is 4.90 Å². The van der Waals surface area contributed by atoms with Gasteiger partial charge in [-0.05, 0) is 32.6 Å². The van der Waals surface area contributed by atoms with Crippen LogP contribution in [0, 0.1) is 5.92 Å². The van der Waals surface area contributed by atoms with Crippen LogP contribution >= 0.6 is 0 Å². The van der Waals surface area contributed by atoms with E-state index >= 15 is 0 Å². The minimum Gasteiger partial charge on any atom is -0.339 e. The zero-order valence-electron chi connectivity index (χ0n) is 14.9. The van der Waals surface area contributed by atoms with Crippen LogP contribution in [0.4, 0.5) is 0 Å². The monoisotopic (exact) mass is 346 g/mol. The molecule has 7 nitrogen and oxygen atoms in total. The number of allylic oxidation sites excluding steroid dienone is 1. The van der Waals surface area contributed by atoms with E-state index in [9.17, 15) is 14.4 Å². The van der Waals surface area contributed by atoms with Gasteiger partial charge in [0, 0.05) is 44.5 Å². The highest BCUT2D eigenvalue weighted by molar-refractivity contribution is 5.76. The first-order valence-electron chi connectivity index (χ1n) is 8.87. The third-order valence-corrected chi connectivity index (χ3v) is 5.12. The fourth-order valence-corrected chi connectivity index (χ4v) is 3.72. The van der Waals surface area contributed by atoms with Crippen LogP contribution in [0.2, 0.25) is 0 Å². The first-order chi connectivity index (χ1) is 11.9. The minimum absolute atomic E-state index is 0.0248. The summed E-state index contributed by atoms with van der Waals surface area (Å²) < 4.78 is 1.26. The third kappa shape index (κ3) is 4.28. The summed E-state index contributed by atoms with van der Waals surface area (Å²) in [6.07, 6.45) is 5.89. The standard InChI is InChI=1S/C18H26N4O3/c1-13(2)5-7-20-9-14-3-4-15(20)11-22(10-14)17(24)12-21-8-6-16(23)19-18(21)25/h5-6,8,14-15H,3-4,7,9-12H2,1-2H3,(H,19,23,25)/t14-,15-/m0/s1. The molecule has 136 valence electrons. The Morgan fingerprint density at radius 2 is 2.04 bits per heavy atom. The molecule has 3 fully saturated rings. The van der Waals surface area contributed by atoms with E-state index < -0.39 is 11.2 Å². The molecule has 4 heterocycles. The molecular formula is C18H26N4O3. The molecule has 1 aromatic rings. The molecule has 0 saturated carbocycles. The number of hydrogen-bond acceptors (Lipinski definition) is 4. The molecule has 1 aromatic heterocycles. The van der Waals surface area contributed by atoms with Gasteiger partial charge in [0.05, 0.1) is 0 Å². The number of H-pyrrole nitrogens is 1. The Hall–Kier alpha value is -2.15. The van der Waals surface area contributed by atoms with E-state index in [1.165, 1.54) is 22.4 Å². The van der Waals surface area contributed by atoms with Gasteiger partial charge in [0.1, 0.15) is 6.54 Å². The van der Waals surface area contributed by atoms with E-state index in [4.69, 9.17) is 0 Å². The number of piperidine rings is 1. The van der Waals surface area contributed by atoms with Gasteiger partial charge >= 0.3 is 5.69 Å². The Balaban J connectivity index is 1.69. The Bertz CT molecular complexity index is 775. The SMILES string of the molecule is CC(C)=CCN1C[C@@H]2CC[C@H]1CN(C(=O)Cn1ccc(=O)[nH]c1=O)C2. The van der Waals surface area contributed by atoms with Crippen molar-refractivity contribution in [3.8, 4) is 0 Å². The minimum atomic E-state index is -0.538. The molecule has 2 atom stereocenters. The van der Waals surface area contributed by atoms with E-state index in [1.807, 2.05) is 4.90 Å². The molecule has 0 aromatic carbocycles. The molecule has 1 N–H and O–H groups in total. The number of aromatic nitrogens is 2. The zero-order chi connectivity index (χ0) is 18.0. The Morgan fingerprint density at radius 1 is 1.24 bits per heavy atom. The topological polar surface area (TPSA) is 78.4 Å². The van der Waals surface area contributed by atoms with Crippen LogP contribution < -0.4 is 11.2 Å². The quantitative estimate of drug-likeness (QED) is 0.802. The predicted octanol–water partition coefficient (Wildman–Crippen LogP) is 0.426. The van der Waals surface area contributed by atoms with Gasteiger partial charge in [-0.25, -0.2) is 4.79 Å². The van der Waals surface area contributed by atoms with Gasteiger partial charge in [-0.1, -0.05) is 11.6 Å². The fraction of sp³-hybridized carbons (Fsp3) is 0.611. The molecule has 3 aliphatic heterocycles. The molecule has 4 rings (SSSR count). The first-order valence-corrected chi connectivity index (χ1v) is 8.87. The number of fused-ring (bicyclic) bond motifs is 4. The lowest BCUT2D eigenvalue weighted by Crippen LogP contribution is -2.45. The third-order valence-electron chi connectivity index (χ3n) is 5.12. The average molecular weight is 346 g/mol. The maximum Gasteiger partial charge on any atom is 0.328 e. The summed E-state index contributed by atoms with van der Waals surface area (Å²) in [5.41, 5.74) is 0.325. The van der Waals surface area contributed by atoms with Crippen molar-refractivity contribution in [2.45, 2.75) is 39.3 Å². The molecular weight excluding hydrogens is 320 g/mol. The summed E-state index contributed by atoms with van der Waals surface area (Å²) in [5, 5.41) is 0. The van der Waals surface area contributed by atoms with Crippen molar-refractivity contribution in [2.75, 3.05) is 26.2 Å². The summed E-state index contributed by atoms with van der Waals surface area (Å²) in [7, 11) is 0. The zero-order valence-corrected chi connectivity index (χ0v) is 14.9. The maximum absolute atomic E-state index is 12.7. The molecule has 0 radical (unpaired) electrons. The van der Waals surface area contributed by atoms with Crippen molar-refractivity contribution in [2.24, 2.45) is 5.92 Å². The van der Waals surface area contributed by atoms with Gasteiger partial charge in [-0.3, -0.25) is 24.0 Å². The summed E-state index contributed by atoms with van der Waals surface area (Å²) in [6, 6.07) is 1.65. The second-order valence-corrected chi connectivity index (χ2v) is 7.37. The second kappa shape index (κ2) is 7.39. The summed E-state index contributed by atoms with van der Waals surface area (Å²) in [4.78, 5) is 42.2. The number of nitrogens with zero attached hydrogens (tertiary/aromatic N) is 3. The van der Waals surface area contributed by atoms with Gasteiger partial charge in [-0.15, -0.1) is 0 Å². The molecule has 7 heteroatoms. The number of carbonyl (C=O) groups is 1. The largest absolute Gasteiger partial charge is 0.339 e. The van der Waals surface area contributed by atoms with Crippen molar-refractivity contribution in [3.05, 3.63) is 44.8 Å². The molecule has 2 bridgehead atoms. The first kappa shape index (κ1) is 17.7. The number of hydrogen-bond donors (Lipinski definition) is 1. The lowest BCUT2D eigenvalue weighted by atomic mass is 9.95. The lowest BCUT2D eigenvalue weighted by Gasteiger charge is -2.35. The van der Waals surface area contributed by atoms with Crippen LogP contribution in [0.1, 0.15) is 26.7 Å². The van der Waals surface area contributed by atoms with Crippen molar-refractivity contribution in [1.29, 1.82) is 0 Å². The van der Waals surface area contributed by atoms with Gasteiger partial charge in [0.15, 0.2) is 0 Å². The van der Waals surface area contributed by atoms with Crippen LogP contribution in [0.15, 0.2) is 33.5 Å². The Labute approximate surface area is 146 Å². The Kier molecular flexibility index (Phi) is 5.22. The van der Waals surface area contributed by atoms with Crippen LogP contribution in [0.5, 0.6) is 0 Å². The maximum atomic E-state index is 12.7. The molecule has 0 aliphatic carbocycles. The predicted molar refractivity (Wildman–Crippen MR) is 95.4 cm³/mol. The van der Waals surface area contributed by atoms with E-state index in [-0.39, 0.29) is 12.5 Å². The van der Waals surface area contributed by atoms with Crippen molar-refractivity contribution in [3.63, 3.8) is 0 Å². The average Bonchev–Trinajstić information content (AvgIpc) is 2.87. The van der Waals surface area contributed by atoms with Gasteiger partial charge in [0.25, 0.3) is 5.56 Å². The van der Waals surface area contributed by atoms with E-state index in [0.717, 1.165) is 32.5 Å². The van der Waals surface area contributed by atoms with E-state index in [1.54, 1.807) is 0 Å². The smallest absolute Gasteiger partial charge is 0.328 e. The fourth-order valence-electron chi connectivity index (χ4n) is 3.72. The molecule has 3 saturated heterocycles. The summed E-state index contributed by atoms with van der Waals surface area (Å²) in [6.45, 7) is 7.61. The number of nitrogens with one attached hydrogen (secondary N) is 1. The normalized spacial score (nSPS) is 23.4. The highest BCUT2D eigenvalue weighted by atomic mass is 16.2. The summed E-state index contributed by atoms with van der Waals surface area (Å²) >= 11 is 0. The van der Waals surface area contributed by atoms with Crippen molar-refractivity contribution < 1.29 is 4.79 Å². The molecule has 3 aliphatic rings. The highest BCUT2D eigenvalue weighted by Gasteiger charge is 2.35. The van der Waals surface area contributed by atoms with Crippen molar-refractivity contribution in [1.82, 2.24) is 19.4 Å². The molecule has 0 unspecified atom stereocenters. The highest BCUT2D eigenvalue weighted by Crippen LogP contribution is 2.28. The van der Waals surface area contributed by atoms with Gasteiger partial charge in [0.2, 0.25) is 5.91 Å². The Morgan fingerprint density at radius 3 is 2.76 bits per heavy atom.